The summed E-state index contributed by atoms with van der Waals surface area (Å²) in [5, 5.41) is 8.56. The molecule has 5 heteroatoms. The first-order valence-corrected chi connectivity index (χ1v) is 4.27. The van der Waals surface area contributed by atoms with Crippen molar-refractivity contribution >= 4 is 18.2 Å². The second-order valence-electron chi connectivity index (χ2n) is 2.59. The molecule has 72 valence electrons. The van der Waals surface area contributed by atoms with E-state index in [0.29, 0.717) is 15.9 Å². The van der Waals surface area contributed by atoms with E-state index >= 15 is 0 Å². The Hall–Kier alpha value is -1.67. The fourth-order valence-corrected chi connectivity index (χ4v) is 1.19. The summed E-state index contributed by atoms with van der Waals surface area (Å²) in [4.78, 5) is 13.6. The molecule has 0 spiro atoms. The molecule has 0 bridgehead atoms. The Labute approximate surface area is 86.1 Å². The van der Waals surface area contributed by atoms with E-state index in [1.54, 1.807) is 12.1 Å². The maximum atomic E-state index is 10.9. The van der Waals surface area contributed by atoms with Crippen molar-refractivity contribution in [3.8, 4) is 6.07 Å². The summed E-state index contributed by atoms with van der Waals surface area (Å²) in [6, 6.07) is 5.15. The topological polar surface area (TPSA) is 65.9 Å². The van der Waals surface area contributed by atoms with Gasteiger partial charge in [-0.25, -0.2) is 0 Å². The van der Waals surface area contributed by atoms with Crippen molar-refractivity contribution in [3.63, 3.8) is 0 Å². The molecule has 0 saturated carbocycles. The average molecular weight is 208 g/mol. The van der Waals surface area contributed by atoms with Gasteiger partial charge >= 0.3 is 5.97 Å². The highest BCUT2D eigenvalue weighted by Gasteiger charge is 2.04. The molecule has 0 atom stereocenters. The lowest BCUT2D eigenvalue weighted by molar-refractivity contribution is -0.139. The van der Waals surface area contributed by atoms with E-state index in [2.05, 4.69) is 9.72 Å². The SMILES string of the molecule is COC(=O)Cc1ccc(C#N)[nH]c1=S. The number of hydrogen-bond acceptors (Lipinski definition) is 4. The number of rotatable bonds is 2. The summed E-state index contributed by atoms with van der Waals surface area (Å²) < 4.78 is 4.90. The summed E-state index contributed by atoms with van der Waals surface area (Å²) in [7, 11) is 1.32. The monoisotopic (exact) mass is 208 g/mol. The number of nitriles is 1. The molecule has 1 N–H and O–H groups in total. The number of aromatic amines is 1. The third-order valence-electron chi connectivity index (χ3n) is 1.67. The summed E-state index contributed by atoms with van der Waals surface area (Å²) in [5.74, 6) is -0.353. The van der Waals surface area contributed by atoms with Crippen molar-refractivity contribution in [2.24, 2.45) is 0 Å². The Morgan fingerprint density at radius 3 is 2.93 bits per heavy atom. The summed E-state index contributed by atoms with van der Waals surface area (Å²) in [5.41, 5.74) is 1.04. The van der Waals surface area contributed by atoms with Gasteiger partial charge in [0.05, 0.1) is 13.5 Å². The lowest BCUT2D eigenvalue weighted by atomic mass is 10.2. The van der Waals surface area contributed by atoms with Crippen LogP contribution in [-0.4, -0.2) is 18.1 Å². The molecule has 0 aliphatic carbocycles. The standard InChI is InChI=1S/C9H8N2O2S/c1-13-8(12)4-6-2-3-7(5-10)11-9(6)14/h2-3H,4H2,1H3,(H,11,14). The Bertz CT molecular complexity index is 445. The largest absolute Gasteiger partial charge is 0.469 e. The molecule has 0 unspecified atom stereocenters. The van der Waals surface area contributed by atoms with Gasteiger partial charge in [0, 0.05) is 0 Å². The number of carbonyl (C=O) groups excluding carboxylic acids is 1. The summed E-state index contributed by atoms with van der Waals surface area (Å²) in [6.45, 7) is 0. The zero-order chi connectivity index (χ0) is 10.6. The first kappa shape index (κ1) is 10.4. The maximum Gasteiger partial charge on any atom is 0.310 e. The molecule has 1 heterocycles. The molecular formula is C9H8N2O2S. The van der Waals surface area contributed by atoms with Gasteiger partial charge in [-0.2, -0.15) is 5.26 Å². The van der Waals surface area contributed by atoms with Crippen LogP contribution in [0.25, 0.3) is 0 Å². The number of H-pyrrole nitrogens is 1. The zero-order valence-electron chi connectivity index (χ0n) is 7.53. The van der Waals surface area contributed by atoms with Gasteiger partial charge < -0.3 is 9.72 Å². The zero-order valence-corrected chi connectivity index (χ0v) is 8.35. The number of methoxy groups -OCH3 is 1. The van der Waals surface area contributed by atoms with Crippen molar-refractivity contribution in [1.29, 1.82) is 5.26 Å². The molecule has 1 aromatic heterocycles. The van der Waals surface area contributed by atoms with Gasteiger partial charge in [-0.05, 0) is 11.6 Å². The predicted molar refractivity (Wildman–Crippen MR) is 52.1 cm³/mol. The lowest BCUT2D eigenvalue weighted by Gasteiger charge is -2.00. The number of nitrogens with zero attached hydrogens (tertiary/aromatic N) is 1. The number of aromatic nitrogens is 1. The van der Waals surface area contributed by atoms with E-state index in [1.807, 2.05) is 6.07 Å². The van der Waals surface area contributed by atoms with Gasteiger partial charge in [0.2, 0.25) is 0 Å². The Balaban J connectivity index is 2.97. The van der Waals surface area contributed by atoms with Gasteiger partial charge in [0.15, 0.2) is 0 Å². The van der Waals surface area contributed by atoms with Crippen LogP contribution in [0.2, 0.25) is 0 Å². The average Bonchev–Trinajstić information content (AvgIpc) is 2.20. The van der Waals surface area contributed by atoms with Gasteiger partial charge in [-0.1, -0.05) is 18.3 Å². The van der Waals surface area contributed by atoms with Crippen molar-refractivity contribution in [2.45, 2.75) is 6.42 Å². The Kier molecular flexibility index (Phi) is 3.37. The second-order valence-corrected chi connectivity index (χ2v) is 3.00. The van der Waals surface area contributed by atoms with E-state index in [9.17, 15) is 4.79 Å². The number of carbonyl (C=O) groups is 1. The van der Waals surface area contributed by atoms with Crippen LogP contribution < -0.4 is 0 Å². The van der Waals surface area contributed by atoms with Crippen LogP contribution >= 0.6 is 12.2 Å². The minimum absolute atomic E-state index is 0.123. The van der Waals surface area contributed by atoms with Crippen LogP contribution in [0.3, 0.4) is 0 Å². The van der Waals surface area contributed by atoms with E-state index in [4.69, 9.17) is 17.5 Å². The van der Waals surface area contributed by atoms with Gasteiger partial charge in [-0.15, -0.1) is 0 Å². The normalized spacial score (nSPS) is 9.14. The quantitative estimate of drug-likeness (QED) is 0.588. The molecular weight excluding hydrogens is 200 g/mol. The first-order valence-electron chi connectivity index (χ1n) is 3.86. The summed E-state index contributed by atoms with van der Waals surface area (Å²) >= 11 is 4.96. The third-order valence-corrected chi connectivity index (χ3v) is 2.04. The summed E-state index contributed by atoms with van der Waals surface area (Å²) in [6.07, 6.45) is 0.123. The van der Waals surface area contributed by atoms with Crippen LogP contribution in [0.5, 0.6) is 0 Å². The molecule has 0 saturated heterocycles. The highest BCUT2D eigenvalue weighted by molar-refractivity contribution is 7.71. The molecule has 0 fully saturated rings. The fourth-order valence-electron chi connectivity index (χ4n) is 0.936. The van der Waals surface area contributed by atoms with Crippen molar-refractivity contribution in [3.05, 3.63) is 28.0 Å². The van der Waals surface area contributed by atoms with Crippen LogP contribution in [0, 0.1) is 16.0 Å². The minimum atomic E-state index is -0.353. The molecule has 1 aromatic rings. The molecule has 14 heavy (non-hydrogen) atoms. The van der Waals surface area contributed by atoms with E-state index in [0.717, 1.165) is 0 Å². The Morgan fingerprint density at radius 1 is 1.71 bits per heavy atom. The molecule has 1 rings (SSSR count). The Morgan fingerprint density at radius 2 is 2.43 bits per heavy atom. The number of pyridine rings is 1. The smallest absolute Gasteiger partial charge is 0.310 e. The number of ether oxygens (including phenoxy) is 1. The minimum Gasteiger partial charge on any atom is -0.469 e. The van der Waals surface area contributed by atoms with Gasteiger partial charge in [0.1, 0.15) is 16.4 Å². The molecule has 0 aliphatic heterocycles. The van der Waals surface area contributed by atoms with E-state index in [-0.39, 0.29) is 12.4 Å². The van der Waals surface area contributed by atoms with Crippen molar-refractivity contribution < 1.29 is 9.53 Å². The van der Waals surface area contributed by atoms with Crippen molar-refractivity contribution in [2.75, 3.05) is 7.11 Å². The van der Waals surface area contributed by atoms with Crippen LogP contribution in [0.1, 0.15) is 11.3 Å². The number of esters is 1. The molecule has 0 amide bonds. The van der Waals surface area contributed by atoms with Crippen LogP contribution in [-0.2, 0) is 16.0 Å². The highest BCUT2D eigenvalue weighted by atomic mass is 32.1. The molecule has 4 nitrogen and oxygen atoms in total. The van der Waals surface area contributed by atoms with E-state index < -0.39 is 0 Å². The predicted octanol–water partition coefficient (Wildman–Crippen LogP) is 1.33. The van der Waals surface area contributed by atoms with Gasteiger partial charge in [0.25, 0.3) is 0 Å². The highest BCUT2D eigenvalue weighted by Crippen LogP contribution is 2.04. The fraction of sp³-hybridized carbons (Fsp3) is 0.222. The van der Waals surface area contributed by atoms with Crippen LogP contribution in [0.4, 0.5) is 0 Å². The third kappa shape index (κ3) is 2.41. The molecule has 0 aromatic carbocycles. The number of hydrogen-bond donors (Lipinski definition) is 1. The van der Waals surface area contributed by atoms with Gasteiger partial charge in [-0.3, -0.25) is 4.79 Å². The van der Waals surface area contributed by atoms with Crippen molar-refractivity contribution in [1.82, 2.24) is 4.98 Å². The maximum absolute atomic E-state index is 10.9. The first-order chi connectivity index (χ1) is 6.67. The lowest BCUT2D eigenvalue weighted by Crippen LogP contribution is -2.05. The number of nitrogens with one attached hydrogen (secondary N) is 1. The van der Waals surface area contributed by atoms with E-state index in [1.165, 1.54) is 7.11 Å². The molecule has 0 radical (unpaired) electrons. The van der Waals surface area contributed by atoms with Crippen LogP contribution in [0.15, 0.2) is 12.1 Å². The second kappa shape index (κ2) is 4.53. The molecule has 0 aliphatic rings.